The number of aryl methyl sites for hydroxylation is 1. The molecule has 2 rings (SSSR count). The third kappa shape index (κ3) is 5.17. The summed E-state index contributed by atoms with van der Waals surface area (Å²) >= 11 is 8.22. The second-order valence-electron chi connectivity index (χ2n) is 4.90. The van der Waals surface area contributed by atoms with Crippen LogP contribution < -0.4 is 10.2 Å². The molecular formula is C12H20N5OS3+. The van der Waals surface area contributed by atoms with Gasteiger partial charge in [-0.3, -0.25) is 10.1 Å². The summed E-state index contributed by atoms with van der Waals surface area (Å²) in [5.41, 5.74) is 0. The van der Waals surface area contributed by atoms with Crippen LogP contribution >= 0.6 is 35.3 Å². The Morgan fingerprint density at radius 1 is 1.48 bits per heavy atom. The van der Waals surface area contributed by atoms with Crippen LogP contribution in [0.4, 0.5) is 5.13 Å². The van der Waals surface area contributed by atoms with Gasteiger partial charge in [0.2, 0.25) is 11.0 Å². The number of nitrogens with zero attached hydrogens (tertiary/aromatic N) is 3. The molecule has 0 radical (unpaired) electrons. The van der Waals surface area contributed by atoms with Gasteiger partial charge in [0, 0.05) is 0 Å². The number of likely N-dealkylation sites (N-methyl/N-ethyl adjacent to an activating group) is 1. The van der Waals surface area contributed by atoms with Crippen molar-refractivity contribution in [1.29, 1.82) is 0 Å². The molecule has 1 aromatic heterocycles. The molecule has 0 unspecified atom stereocenters. The van der Waals surface area contributed by atoms with Crippen molar-refractivity contribution < 1.29 is 9.69 Å². The molecule has 1 amide bonds. The fourth-order valence-corrected chi connectivity index (χ4v) is 3.64. The van der Waals surface area contributed by atoms with Crippen molar-refractivity contribution >= 4 is 50.7 Å². The van der Waals surface area contributed by atoms with Crippen molar-refractivity contribution in [2.45, 2.75) is 13.3 Å². The van der Waals surface area contributed by atoms with Crippen LogP contribution in [0.2, 0.25) is 0 Å². The highest BCUT2D eigenvalue weighted by molar-refractivity contribution is 8.23. The van der Waals surface area contributed by atoms with E-state index >= 15 is 0 Å². The fourth-order valence-electron chi connectivity index (χ4n) is 1.89. The Kier molecular flexibility index (Phi) is 6.34. The topological polar surface area (TPSA) is 62.6 Å². The molecule has 0 aliphatic carbocycles. The van der Waals surface area contributed by atoms with E-state index in [9.17, 15) is 4.79 Å². The first-order chi connectivity index (χ1) is 10.1. The van der Waals surface area contributed by atoms with Crippen molar-refractivity contribution in [3.8, 4) is 0 Å². The summed E-state index contributed by atoms with van der Waals surface area (Å²) in [7, 11) is 2.19. The summed E-state index contributed by atoms with van der Waals surface area (Å²) in [6, 6.07) is 0. The Hall–Kier alpha value is -0.770. The van der Waals surface area contributed by atoms with Gasteiger partial charge in [0.25, 0.3) is 0 Å². The lowest BCUT2D eigenvalue weighted by atomic mass is 10.4. The van der Waals surface area contributed by atoms with E-state index in [0.29, 0.717) is 10.9 Å². The van der Waals surface area contributed by atoms with Gasteiger partial charge in [0.1, 0.15) is 9.33 Å². The summed E-state index contributed by atoms with van der Waals surface area (Å²) in [5.74, 6) is 0.236. The molecule has 1 aliphatic rings. The Labute approximate surface area is 138 Å². The van der Waals surface area contributed by atoms with E-state index < -0.39 is 0 Å². The van der Waals surface area contributed by atoms with Crippen LogP contribution in [0, 0.1) is 0 Å². The van der Waals surface area contributed by atoms with Crippen LogP contribution in [0.3, 0.4) is 0 Å². The molecule has 0 spiro atoms. The zero-order valence-corrected chi connectivity index (χ0v) is 14.7. The third-order valence-electron chi connectivity index (χ3n) is 3.22. The number of carbonyl (C=O) groups is 1. The number of carbonyl (C=O) groups excluding carboxylic acids is 1. The number of quaternary nitrogens is 1. The predicted molar refractivity (Wildman–Crippen MR) is 91.2 cm³/mol. The first-order valence-electron chi connectivity index (χ1n) is 6.93. The van der Waals surface area contributed by atoms with E-state index in [0.717, 1.165) is 41.9 Å². The normalized spacial score (nSPS) is 16.0. The minimum atomic E-state index is -0.0825. The molecule has 9 heteroatoms. The number of hydrogen-bond donors (Lipinski definition) is 2. The number of hydrogen-bond acceptors (Lipinski definition) is 6. The van der Waals surface area contributed by atoms with Crippen molar-refractivity contribution in [3.63, 3.8) is 0 Å². The van der Waals surface area contributed by atoms with Gasteiger partial charge in [-0.2, -0.15) is 0 Å². The van der Waals surface area contributed by atoms with E-state index in [-0.39, 0.29) is 5.91 Å². The average molecular weight is 347 g/mol. The maximum Gasteiger partial charge on any atom is 0.236 e. The number of anilines is 1. The van der Waals surface area contributed by atoms with E-state index in [4.69, 9.17) is 12.2 Å². The van der Waals surface area contributed by atoms with Gasteiger partial charge >= 0.3 is 0 Å². The van der Waals surface area contributed by atoms with Crippen LogP contribution in [-0.2, 0) is 11.2 Å². The standard InChI is InChI=1S/C12H19N5OS3/c1-3-10-14-15-11(21-10)13-9(18)8-20-12(19)17-6-4-16(2)5-7-17/h3-8H2,1-2H3,(H,13,15,18)/p+1. The van der Waals surface area contributed by atoms with Gasteiger partial charge in [-0.1, -0.05) is 42.2 Å². The van der Waals surface area contributed by atoms with E-state index in [1.165, 1.54) is 28.0 Å². The zero-order valence-electron chi connectivity index (χ0n) is 12.2. The lowest BCUT2D eigenvalue weighted by molar-refractivity contribution is -0.883. The van der Waals surface area contributed by atoms with Crippen molar-refractivity contribution in [2.24, 2.45) is 0 Å². The number of aromatic nitrogens is 2. The van der Waals surface area contributed by atoms with Gasteiger partial charge in [-0.05, 0) is 6.42 Å². The van der Waals surface area contributed by atoms with Gasteiger partial charge in [-0.15, -0.1) is 10.2 Å². The van der Waals surface area contributed by atoms with Crippen molar-refractivity contribution in [1.82, 2.24) is 15.1 Å². The molecule has 6 nitrogen and oxygen atoms in total. The SMILES string of the molecule is CCc1nnc(NC(=O)CSC(=S)N2CC[NH+](C)CC2)s1. The van der Waals surface area contributed by atoms with Crippen molar-refractivity contribution in [2.75, 3.05) is 44.3 Å². The molecule has 0 aromatic carbocycles. The second kappa shape index (κ2) is 8.02. The quantitative estimate of drug-likeness (QED) is 0.742. The fraction of sp³-hybridized carbons (Fsp3) is 0.667. The number of piperazine rings is 1. The summed E-state index contributed by atoms with van der Waals surface area (Å²) in [6.07, 6.45) is 0.831. The molecule has 2 heterocycles. The summed E-state index contributed by atoms with van der Waals surface area (Å²) in [4.78, 5) is 15.6. The third-order valence-corrected chi connectivity index (χ3v) is 5.72. The monoisotopic (exact) mass is 346 g/mol. The Morgan fingerprint density at radius 2 is 2.19 bits per heavy atom. The Balaban J connectivity index is 1.72. The Bertz CT molecular complexity index is 499. The van der Waals surface area contributed by atoms with E-state index in [1.807, 2.05) is 6.92 Å². The van der Waals surface area contributed by atoms with Gasteiger partial charge in [0.05, 0.1) is 39.0 Å². The van der Waals surface area contributed by atoms with Gasteiger partial charge < -0.3 is 9.80 Å². The molecule has 2 N–H and O–H groups in total. The number of nitrogens with one attached hydrogen (secondary N) is 2. The lowest BCUT2D eigenvalue weighted by Gasteiger charge is -2.31. The van der Waals surface area contributed by atoms with Gasteiger partial charge in [-0.25, -0.2) is 0 Å². The second-order valence-corrected chi connectivity index (χ2v) is 7.57. The highest BCUT2D eigenvalue weighted by Crippen LogP contribution is 2.16. The highest BCUT2D eigenvalue weighted by Gasteiger charge is 2.19. The number of thioether (sulfide) groups is 1. The number of amides is 1. The molecule has 1 aromatic rings. The highest BCUT2D eigenvalue weighted by atomic mass is 32.2. The summed E-state index contributed by atoms with van der Waals surface area (Å²) in [5, 5.41) is 12.2. The summed E-state index contributed by atoms with van der Waals surface area (Å²) in [6.45, 7) is 6.14. The van der Waals surface area contributed by atoms with Gasteiger partial charge in [0.15, 0.2) is 0 Å². The molecule has 21 heavy (non-hydrogen) atoms. The molecular weight excluding hydrogens is 326 g/mol. The van der Waals surface area contributed by atoms with E-state index in [2.05, 4.69) is 27.5 Å². The molecule has 1 fully saturated rings. The first-order valence-corrected chi connectivity index (χ1v) is 9.14. The van der Waals surface area contributed by atoms with E-state index in [1.54, 1.807) is 0 Å². The molecule has 1 aliphatic heterocycles. The molecule has 0 saturated carbocycles. The first kappa shape index (κ1) is 16.6. The lowest BCUT2D eigenvalue weighted by Crippen LogP contribution is -3.12. The van der Waals surface area contributed by atoms with Crippen LogP contribution in [0.1, 0.15) is 11.9 Å². The van der Waals surface area contributed by atoms with Crippen LogP contribution in [0.25, 0.3) is 0 Å². The average Bonchev–Trinajstić information content (AvgIpc) is 2.93. The minimum Gasteiger partial charge on any atom is -0.346 e. The molecule has 0 bridgehead atoms. The smallest absolute Gasteiger partial charge is 0.236 e. The maximum atomic E-state index is 11.9. The van der Waals surface area contributed by atoms with Crippen LogP contribution in [0.5, 0.6) is 0 Å². The molecule has 0 atom stereocenters. The van der Waals surface area contributed by atoms with Crippen LogP contribution in [-0.4, -0.2) is 64.3 Å². The largest absolute Gasteiger partial charge is 0.346 e. The van der Waals surface area contributed by atoms with Crippen molar-refractivity contribution in [3.05, 3.63) is 5.01 Å². The molecule has 1 saturated heterocycles. The summed E-state index contributed by atoms with van der Waals surface area (Å²) < 4.78 is 0.809. The zero-order chi connectivity index (χ0) is 15.2. The Morgan fingerprint density at radius 3 is 2.81 bits per heavy atom. The molecule has 116 valence electrons. The predicted octanol–water partition coefficient (Wildman–Crippen LogP) is -0.113. The maximum absolute atomic E-state index is 11.9. The number of rotatable bonds is 4. The number of thiocarbonyl (C=S) groups is 1. The minimum absolute atomic E-state index is 0.0825. The van der Waals surface area contributed by atoms with Crippen LogP contribution in [0.15, 0.2) is 0 Å².